The van der Waals surface area contributed by atoms with E-state index < -0.39 is 0 Å². The minimum atomic E-state index is -0.135. The first-order valence-electron chi connectivity index (χ1n) is 11.0. The molecule has 0 saturated carbocycles. The topological polar surface area (TPSA) is 97.6 Å². The van der Waals surface area contributed by atoms with Crippen molar-refractivity contribution in [2.45, 2.75) is 65.6 Å². The molecule has 0 spiro atoms. The van der Waals surface area contributed by atoms with Gasteiger partial charge in [-0.15, -0.1) is 0 Å². The summed E-state index contributed by atoms with van der Waals surface area (Å²) in [6.07, 6.45) is 3.06. The summed E-state index contributed by atoms with van der Waals surface area (Å²) in [6, 6.07) is 9.68. The Morgan fingerprint density at radius 2 is 2.03 bits per heavy atom. The molecule has 0 bridgehead atoms. The second kappa shape index (κ2) is 8.91. The van der Waals surface area contributed by atoms with E-state index >= 15 is 0 Å². The van der Waals surface area contributed by atoms with E-state index in [1.54, 1.807) is 9.25 Å². The lowest BCUT2D eigenvalue weighted by molar-refractivity contribution is 0.0933. The molecule has 0 radical (unpaired) electrons. The number of aromatic nitrogens is 5. The summed E-state index contributed by atoms with van der Waals surface area (Å²) in [5, 5.41) is 15.0. The van der Waals surface area contributed by atoms with Crippen LogP contribution in [0.5, 0.6) is 0 Å². The Labute approximate surface area is 181 Å². The predicted octanol–water partition coefficient (Wildman–Crippen LogP) is 2.92. The average molecular weight is 423 g/mol. The number of hydrogen-bond donors (Lipinski definition) is 2. The quantitative estimate of drug-likeness (QED) is 0.638. The van der Waals surface area contributed by atoms with Crippen LogP contribution >= 0.6 is 0 Å². The highest BCUT2D eigenvalue weighted by Gasteiger charge is 2.25. The van der Waals surface area contributed by atoms with Gasteiger partial charge < -0.3 is 5.32 Å². The number of carbonyl (C=O) groups is 1. The molecule has 2 N–H and O–H groups in total. The van der Waals surface area contributed by atoms with Crippen molar-refractivity contribution in [2.24, 2.45) is 5.92 Å². The Hall–Kier alpha value is -3.16. The smallest absolute Gasteiger partial charge is 0.345 e. The largest absolute Gasteiger partial charge is 0.349 e. The lowest BCUT2D eigenvalue weighted by Gasteiger charge is -2.16. The van der Waals surface area contributed by atoms with E-state index in [-0.39, 0.29) is 17.6 Å². The Kier molecular flexibility index (Phi) is 6.06. The number of carbonyl (C=O) groups excluding carboxylic acids is 1. The third kappa shape index (κ3) is 4.47. The van der Waals surface area contributed by atoms with Gasteiger partial charge in [-0.25, -0.2) is 9.48 Å². The lowest BCUT2D eigenvalue weighted by Crippen LogP contribution is -2.36. The van der Waals surface area contributed by atoms with Gasteiger partial charge in [0.05, 0.1) is 5.56 Å². The summed E-state index contributed by atoms with van der Waals surface area (Å²) in [4.78, 5) is 25.8. The lowest BCUT2D eigenvalue weighted by atomic mass is 10.0. The van der Waals surface area contributed by atoms with Crippen molar-refractivity contribution in [3.63, 3.8) is 0 Å². The number of nitrogens with one attached hydrogen (secondary N) is 2. The molecule has 8 heteroatoms. The van der Waals surface area contributed by atoms with Crippen molar-refractivity contribution in [1.82, 2.24) is 29.9 Å². The Morgan fingerprint density at radius 1 is 1.26 bits per heavy atom. The molecule has 1 aliphatic rings. The van der Waals surface area contributed by atoms with Crippen molar-refractivity contribution in [1.29, 1.82) is 0 Å². The van der Waals surface area contributed by atoms with Gasteiger partial charge in [0.2, 0.25) is 0 Å². The highest BCUT2D eigenvalue weighted by Crippen LogP contribution is 2.24. The maximum Gasteiger partial charge on any atom is 0.345 e. The number of amides is 1. The highest BCUT2D eigenvalue weighted by atomic mass is 16.2. The number of aromatic amines is 1. The Bertz CT molecular complexity index is 1110. The number of aryl methyl sites for hydroxylation is 3. The molecule has 1 aromatic carbocycles. The Morgan fingerprint density at radius 3 is 2.77 bits per heavy atom. The molecule has 1 amide bonds. The number of H-pyrrole nitrogens is 1. The molecule has 0 aliphatic carbocycles. The molecule has 0 fully saturated rings. The first-order valence-corrected chi connectivity index (χ1v) is 11.0. The van der Waals surface area contributed by atoms with Crippen LogP contribution in [-0.2, 0) is 19.5 Å². The predicted molar refractivity (Wildman–Crippen MR) is 119 cm³/mol. The van der Waals surface area contributed by atoms with Crippen molar-refractivity contribution in [3.8, 4) is 11.3 Å². The molecule has 1 atom stereocenters. The van der Waals surface area contributed by atoms with Crippen LogP contribution in [0.25, 0.3) is 11.3 Å². The third-order valence-corrected chi connectivity index (χ3v) is 5.89. The van der Waals surface area contributed by atoms with Crippen LogP contribution in [0.3, 0.4) is 0 Å². The summed E-state index contributed by atoms with van der Waals surface area (Å²) >= 11 is 0. The van der Waals surface area contributed by atoms with Crippen LogP contribution in [0, 0.1) is 12.8 Å². The zero-order valence-corrected chi connectivity index (χ0v) is 18.4. The van der Waals surface area contributed by atoms with Crippen LogP contribution in [0.4, 0.5) is 0 Å². The van der Waals surface area contributed by atoms with Gasteiger partial charge in [0.1, 0.15) is 11.5 Å². The molecule has 1 aliphatic heterocycles. The number of benzene rings is 1. The summed E-state index contributed by atoms with van der Waals surface area (Å²) in [5.74, 6) is 1.21. The van der Waals surface area contributed by atoms with Crippen LogP contribution < -0.4 is 11.0 Å². The van der Waals surface area contributed by atoms with Gasteiger partial charge >= 0.3 is 5.69 Å². The van der Waals surface area contributed by atoms with E-state index in [9.17, 15) is 9.59 Å². The fraction of sp³-hybridized carbons (Fsp3) is 0.478. The summed E-state index contributed by atoms with van der Waals surface area (Å²) in [5.41, 5.74) is 2.83. The maximum atomic E-state index is 13.1. The summed E-state index contributed by atoms with van der Waals surface area (Å²) < 4.78 is 3.36. The van der Waals surface area contributed by atoms with Crippen LogP contribution in [0.1, 0.15) is 55.0 Å². The normalized spacial score (nSPS) is 16.2. The number of nitrogens with zero attached hydrogens (tertiary/aromatic N) is 4. The molecular weight excluding hydrogens is 392 g/mol. The van der Waals surface area contributed by atoms with Crippen LogP contribution in [0.2, 0.25) is 0 Å². The van der Waals surface area contributed by atoms with Gasteiger partial charge in [0.25, 0.3) is 5.91 Å². The molecule has 0 saturated heterocycles. The first kappa shape index (κ1) is 21.1. The van der Waals surface area contributed by atoms with Crippen molar-refractivity contribution in [3.05, 3.63) is 57.9 Å². The maximum absolute atomic E-state index is 13.1. The van der Waals surface area contributed by atoms with Crippen molar-refractivity contribution < 1.29 is 4.79 Å². The van der Waals surface area contributed by atoms with E-state index in [1.165, 1.54) is 0 Å². The second-order valence-electron chi connectivity index (χ2n) is 8.69. The van der Waals surface area contributed by atoms with Crippen LogP contribution in [0.15, 0.2) is 35.1 Å². The molecule has 164 valence electrons. The summed E-state index contributed by atoms with van der Waals surface area (Å²) in [7, 11) is 0. The summed E-state index contributed by atoms with van der Waals surface area (Å²) in [6.45, 7) is 7.36. The van der Waals surface area contributed by atoms with Crippen molar-refractivity contribution in [2.75, 3.05) is 0 Å². The molecule has 31 heavy (non-hydrogen) atoms. The van der Waals surface area contributed by atoms with E-state index in [0.29, 0.717) is 43.1 Å². The minimum Gasteiger partial charge on any atom is -0.349 e. The van der Waals surface area contributed by atoms with E-state index in [1.807, 2.05) is 37.3 Å². The van der Waals surface area contributed by atoms with Gasteiger partial charge in [-0.05, 0) is 32.1 Å². The highest BCUT2D eigenvalue weighted by molar-refractivity contribution is 6.01. The average Bonchev–Trinajstić information content (AvgIpc) is 3.21. The van der Waals surface area contributed by atoms with E-state index in [4.69, 9.17) is 0 Å². The molecule has 3 heterocycles. The molecule has 8 nitrogen and oxygen atoms in total. The van der Waals surface area contributed by atoms with Gasteiger partial charge in [0, 0.05) is 36.8 Å². The molecule has 2 aromatic heterocycles. The molecule has 3 aromatic rings. The van der Waals surface area contributed by atoms with Gasteiger partial charge in [-0.1, -0.05) is 44.2 Å². The van der Waals surface area contributed by atoms with E-state index in [0.717, 1.165) is 29.9 Å². The van der Waals surface area contributed by atoms with Gasteiger partial charge in [-0.2, -0.15) is 10.2 Å². The van der Waals surface area contributed by atoms with Gasteiger partial charge in [-0.3, -0.25) is 14.5 Å². The number of hydrogen-bond acceptors (Lipinski definition) is 4. The molecule has 1 unspecified atom stereocenters. The second-order valence-corrected chi connectivity index (χ2v) is 8.69. The zero-order chi connectivity index (χ0) is 22.0. The van der Waals surface area contributed by atoms with Crippen LogP contribution in [-0.4, -0.2) is 36.5 Å². The van der Waals surface area contributed by atoms with E-state index in [2.05, 4.69) is 34.5 Å². The standard InChI is InChI=1S/C23H30N6O2/c1-15(2)11-14-29-23(31)28-13-12-18(9-10-19(28)27-29)24-22(30)20-16(3)25-26-21(20)17-7-5-4-6-8-17/h4-8,15,18H,9-14H2,1-3H3,(H,24,30)(H,25,26). The molecular formula is C23H30N6O2. The fourth-order valence-electron chi connectivity index (χ4n) is 4.07. The van der Waals surface area contributed by atoms with Crippen molar-refractivity contribution >= 4 is 5.91 Å². The fourth-order valence-corrected chi connectivity index (χ4v) is 4.07. The zero-order valence-electron chi connectivity index (χ0n) is 18.4. The Balaban J connectivity index is 1.45. The number of rotatable bonds is 6. The number of fused-ring (bicyclic) bond motifs is 1. The third-order valence-electron chi connectivity index (χ3n) is 5.89. The van der Waals surface area contributed by atoms with Gasteiger partial charge in [0.15, 0.2) is 0 Å². The monoisotopic (exact) mass is 422 g/mol. The molecule has 4 rings (SSSR count). The SMILES string of the molecule is Cc1[nH]nc(-c2ccccc2)c1C(=O)NC1CCc2nn(CCC(C)C)c(=O)n2CC1. The first-order chi connectivity index (χ1) is 14.9. The minimum absolute atomic E-state index is 0.0179.